The number of carbonyl (C=O) groups excluding carboxylic acids is 1. The number of piperidine rings is 1. The van der Waals surface area contributed by atoms with E-state index in [1.807, 2.05) is 50.9 Å². The lowest BCUT2D eigenvalue weighted by molar-refractivity contribution is 0.0496. The molecule has 1 aliphatic heterocycles. The van der Waals surface area contributed by atoms with Crippen LogP contribution >= 0.6 is 11.3 Å². The molecule has 0 spiro atoms. The summed E-state index contributed by atoms with van der Waals surface area (Å²) in [6.07, 6.45) is 0.983. The van der Waals surface area contributed by atoms with Crippen LogP contribution in [-0.4, -0.2) is 85.2 Å². The van der Waals surface area contributed by atoms with E-state index in [0.29, 0.717) is 72.2 Å². The van der Waals surface area contributed by atoms with Crippen molar-refractivity contribution in [1.29, 1.82) is 0 Å². The van der Waals surface area contributed by atoms with E-state index >= 15 is 0 Å². The fourth-order valence-electron chi connectivity index (χ4n) is 4.89. The van der Waals surface area contributed by atoms with Crippen LogP contribution in [-0.2, 0) is 11.3 Å². The van der Waals surface area contributed by atoms with Crippen LogP contribution < -0.4 is 34.6 Å². The zero-order chi connectivity index (χ0) is 32.9. The Morgan fingerprint density at radius 1 is 1.04 bits per heavy atom. The molecule has 0 aliphatic carbocycles. The summed E-state index contributed by atoms with van der Waals surface area (Å²) in [6, 6.07) is 5.65. The molecule has 1 saturated heterocycles. The number of anilines is 4. The number of hydrogen-bond donors (Lipinski definition) is 3. The van der Waals surface area contributed by atoms with Gasteiger partial charge in [0, 0.05) is 38.8 Å². The summed E-state index contributed by atoms with van der Waals surface area (Å²) in [5, 5.41) is 15.9. The summed E-state index contributed by atoms with van der Waals surface area (Å²) in [5.41, 5.74) is 0.740. The largest absolute Gasteiger partial charge is 0.493 e. The number of nitrogens with zero attached hydrogens (tertiary/aromatic N) is 5. The maximum Gasteiger partial charge on any atom is 0.407 e. The predicted molar refractivity (Wildman–Crippen MR) is 172 cm³/mol. The molecule has 1 aromatic carbocycles. The van der Waals surface area contributed by atoms with Gasteiger partial charge in [-0.1, -0.05) is 11.3 Å². The number of carbonyl (C=O) groups is 2. The van der Waals surface area contributed by atoms with E-state index in [4.69, 9.17) is 28.9 Å². The molecule has 15 heteroatoms. The summed E-state index contributed by atoms with van der Waals surface area (Å²) in [6.45, 7) is 8.90. The highest BCUT2D eigenvalue weighted by Gasteiger charge is 2.26. The average molecular weight is 644 g/mol. The van der Waals surface area contributed by atoms with Gasteiger partial charge in [-0.25, -0.2) is 14.6 Å². The number of amides is 1. The van der Waals surface area contributed by atoms with Gasteiger partial charge in [-0.2, -0.15) is 9.97 Å². The van der Waals surface area contributed by atoms with E-state index in [1.54, 1.807) is 28.3 Å². The highest BCUT2D eigenvalue weighted by molar-refractivity contribution is 7.17. The fourth-order valence-corrected chi connectivity index (χ4v) is 5.69. The first kappa shape index (κ1) is 33.4. The maximum atomic E-state index is 12.3. The molecule has 1 aliphatic rings. The van der Waals surface area contributed by atoms with Crippen molar-refractivity contribution in [2.24, 2.45) is 0 Å². The molecule has 244 valence electrons. The van der Waals surface area contributed by atoms with E-state index in [2.05, 4.69) is 20.5 Å². The summed E-state index contributed by atoms with van der Waals surface area (Å²) in [5.74, 6) is 2.13. The summed E-state index contributed by atoms with van der Waals surface area (Å²) >= 11 is 1.02. The molecule has 3 aromatic rings. The van der Waals surface area contributed by atoms with E-state index in [9.17, 15) is 14.7 Å². The number of alkyl carbamates (subject to hydrolysis) is 1. The van der Waals surface area contributed by atoms with Crippen LogP contribution in [0.25, 0.3) is 0 Å². The fraction of sp³-hybridized carbons (Fsp3) is 0.500. The maximum absolute atomic E-state index is 12.3. The Labute approximate surface area is 266 Å². The third-order valence-electron chi connectivity index (χ3n) is 6.98. The molecule has 0 radical (unpaired) electrons. The van der Waals surface area contributed by atoms with E-state index in [-0.39, 0.29) is 16.9 Å². The minimum atomic E-state index is -1.04. The van der Waals surface area contributed by atoms with Crippen molar-refractivity contribution in [2.45, 2.75) is 58.7 Å². The van der Waals surface area contributed by atoms with Crippen LogP contribution in [0.1, 0.15) is 54.5 Å². The van der Waals surface area contributed by atoms with Gasteiger partial charge in [-0.15, -0.1) is 0 Å². The van der Waals surface area contributed by atoms with Crippen LogP contribution in [0, 0.1) is 6.92 Å². The zero-order valence-corrected chi connectivity index (χ0v) is 27.7. The lowest BCUT2D eigenvalue weighted by Gasteiger charge is -2.34. The third-order valence-corrected chi connectivity index (χ3v) is 8.04. The van der Waals surface area contributed by atoms with Crippen molar-refractivity contribution in [2.75, 3.05) is 56.6 Å². The van der Waals surface area contributed by atoms with E-state index < -0.39 is 17.7 Å². The van der Waals surface area contributed by atoms with Crippen LogP contribution in [0.5, 0.6) is 17.2 Å². The number of aromatic carboxylic acids is 1. The van der Waals surface area contributed by atoms with E-state index in [0.717, 1.165) is 16.9 Å². The lowest BCUT2D eigenvalue weighted by Crippen LogP contribution is -2.46. The molecule has 4 rings (SSSR count). The smallest absolute Gasteiger partial charge is 0.407 e. The number of thiazole rings is 1. The number of benzene rings is 1. The summed E-state index contributed by atoms with van der Waals surface area (Å²) in [7, 11) is 6.61. The minimum Gasteiger partial charge on any atom is -0.493 e. The van der Waals surface area contributed by atoms with Gasteiger partial charge in [0.25, 0.3) is 0 Å². The first-order valence-corrected chi connectivity index (χ1v) is 15.2. The summed E-state index contributed by atoms with van der Waals surface area (Å²) < 4.78 is 21.9. The molecular formula is C30H41N7O7S. The van der Waals surface area contributed by atoms with Gasteiger partial charge in [0.2, 0.25) is 11.7 Å². The molecule has 14 nitrogen and oxygen atoms in total. The van der Waals surface area contributed by atoms with Crippen LogP contribution in [0.2, 0.25) is 0 Å². The van der Waals surface area contributed by atoms with Crippen molar-refractivity contribution in [1.82, 2.24) is 20.3 Å². The van der Waals surface area contributed by atoms with Crippen molar-refractivity contribution >= 4 is 46.1 Å². The first-order valence-electron chi connectivity index (χ1n) is 14.4. The molecule has 0 unspecified atom stereocenters. The van der Waals surface area contributed by atoms with Gasteiger partial charge >= 0.3 is 12.1 Å². The number of ether oxygens (including phenoxy) is 4. The van der Waals surface area contributed by atoms with Gasteiger partial charge in [-0.3, -0.25) is 5.32 Å². The first-order chi connectivity index (χ1) is 21.3. The second-order valence-electron chi connectivity index (χ2n) is 11.6. The number of nitrogens with one attached hydrogen (secondary N) is 2. The quantitative estimate of drug-likeness (QED) is 0.261. The second kappa shape index (κ2) is 14.1. The van der Waals surface area contributed by atoms with Crippen LogP contribution in [0.3, 0.4) is 0 Å². The minimum absolute atomic E-state index is 0.0227. The van der Waals surface area contributed by atoms with Crippen molar-refractivity contribution in [3.05, 3.63) is 34.3 Å². The normalized spacial score (nSPS) is 13.6. The Morgan fingerprint density at radius 3 is 2.22 bits per heavy atom. The molecule has 1 fully saturated rings. The predicted octanol–water partition coefficient (Wildman–Crippen LogP) is 4.84. The second-order valence-corrected chi connectivity index (χ2v) is 12.6. The Balaban J connectivity index is 1.59. The van der Waals surface area contributed by atoms with Gasteiger partial charge in [0.05, 0.1) is 27.0 Å². The van der Waals surface area contributed by atoms with Gasteiger partial charge in [-0.05, 0) is 58.2 Å². The van der Waals surface area contributed by atoms with Gasteiger partial charge in [0.15, 0.2) is 16.6 Å². The molecule has 3 heterocycles. The monoisotopic (exact) mass is 643 g/mol. The SMILES string of the molecule is COc1cc(CN(C)c2cc(N3CCC(NC(=O)OC(C)(C)C)CC3)nc(Nc3nc(C)c(C(=O)O)s3)n2)cc(OC)c1OC. The molecule has 3 N–H and O–H groups in total. The Morgan fingerprint density at radius 2 is 1.69 bits per heavy atom. The number of hydrogen-bond acceptors (Lipinski definition) is 13. The van der Waals surface area contributed by atoms with Crippen molar-refractivity contribution in [3.63, 3.8) is 0 Å². The van der Waals surface area contributed by atoms with Gasteiger partial charge < -0.3 is 39.2 Å². The molecule has 0 saturated carbocycles. The average Bonchev–Trinajstić information content (AvgIpc) is 3.35. The number of aryl methyl sites for hydroxylation is 1. The van der Waals surface area contributed by atoms with Gasteiger partial charge in [0.1, 0.15) is 22.1 Å². The highest BCUT2D eigenvalue weighted by Crippen LogP contribution is 2.39. The number of rotatable bonds is 11. The molecule has 1 amide bonds. The molecule has 2 aromatic heterocycles. The zero-order valence-electron chi connectivity index (χ0n) is 26.9. The Kier molecular flexibility index (Phi) is 10.4. The third kappa shape index (κ3) is 8.56. The number of aromatic nitrogens is 3. The topological polar surface area (TPSA) is 160 Å². The number of carboxylic acid groups (broad SMARTS) is 1. The van der Waals surface area contributed by atoms with Crippen molar-refractivity contribution in [3.8, 4) is 17.2 Å². The Hall–Kier alpha value is -4.53. The van der Waals surface area contributed by atoms with Crippen molar-refractivity contribution < 1.29 is 33.6 Å². The standard InChI is InChI=1S/C30H41N7O7S/c1-17-25(26(38)39)45-28(31-17)35-27-33-22(36(5)16-18-13-20(41-6)24(43-8)21(14-18)42-7)15-23(34-27)37-11-9-19(10-12-37)32-29(40)44-30(2,3)4/h13-15,19H,9-12,16H2,1-8H3,(H,32,40)(H,38,39)(H,31,33,34,35). The number of methoxy groups -OCH3 is 3. The lowest BCUT2D eigenvalue weighted by atomic mass is 10.1. The van der Waals surface area contributed by atoms with Crippen LogP contribution in [0.4, 0.5) is 27.5 Å². The number of carboxylic acids is 1. The Bertz CT molecular complexity index is 1490. The van der Waals surface area contributed by atoms with Crippen LogP contribution in [0.15, 0.2) is 18.2 Å². The molecule has 45 heavy (non-hydrogen) atoms. The molecular weight excluding hydrogens is 602 g/mol. The highest BCUT2D eigenvalue weighted by atomic mass is 32.1. The van der Waals surface area contributed by atoms with E-state index in [1.165, 1.54) is 0 Å². The summed E-state index contributed by atoms with van der Waals surface area (Å²) in [4.78, 5) is 42.0. The molecule has 0 bridgehead atoms. The molecule has 0 atom stereocenters.